The Morgan fingerprint density at radius 1 is 0.369 bits per heavy atom. The van der Waals surface area contributed by atoms with E-state index in [-0.39, 0.29) is 38.6 Å². The third-order valence-corrected chi connectivity index (χ3v) is 15.6. The molecule has 84 heavy (non-hydrogen) atoms. The minimum Gasteiger partial charge on any atom is -0.462 e. The van der Waals surface area contributed by atoms with Crippen LogP contribution >= 0.6 is 7.82 Å². The summed E-state index contributed by atoms with van der Waals surface area (Å²) < 4.78 is 33.1. The minimum absolute atomic E-state index is 0.0464. The normalized spacial score (nSPS) is 13.7. The van der Waals surface area contributed by atoms with Crippen LogP contribution in [0.1, 0.15) is 303 Å². The maximum Gasteiger partial charge on any atom is 0.472 e. The van der Waals surface area contributed by atoms with Crippen molar-refractivity contribution in [3.63, 3.8) is 0 Å². The van der Waals surface area contributed by atoms with Crippen molar-refractivity contribution in [1.29, 1.82) is 0 Å². The van der Waals surface area contributed by atoms with Crippen LogP contribution in [0.15, 0.2) is 122 Å². The predicted octanol–water partition coefficient (Wildman–Crippen LogP) is 22.7. The Morgan fingerprint density at radius 3 is 0.976 bits per heavy atom. The van der Waals surface area contributed by atoms with Crippen molar-refractivity contribution in [2.24, 2.45) is 5.73 Å². The molecule has 0 radical (unpaired) electrons. The Balaban J connectivity index is 3.97. The number of unbranched alkanes of at least 4 members (excludes halogenated alkanes) is 31. The number of phosphoric acid groups is 1. The Bertz CT molecular complexity index is 1790. The van der Waals surface area contributed by atoms with Crippen molar-refractivity contribution in [2.45, 2.75) is 309 Å². The molecule has 0 fully saturated rings. The lowest BCUT2D eigenvalue weighted by atomic mass is 10.0. The number of ether oxygens (including phenoxy) is 2. The molecule has 0 amide bonds. The molecule has 10 heteroatoms. The molecule has 0 aromatic heterocycles. The summed E-state index contributed by atoms with van der Waals surface area (Å²) in [7, 11) is -4.40. The van der Waals surface area contributed by atoms with E-state index in [1.54, 1.807) is 0 Å². The summed E-state index contributed by atoms with van der Waals surface area (Å²) in [4.78, 5) is 35.3. The summed E-state index contributed by atoms with van der Waals surface area (Å²) in [6.45, 7) is 3.64. The molecular weight excluding hydrogens is 1060 g/mol. The molecule has 0 spiro atoms. The number of carbonyl (C=O) groups is 2. The minimum atomic E-state index is -4.40. The molecule has 482 valence electrons. The van der Waals surface area contributed by atoms with E-state index in [2.05, 4.69) is 135 Å². The maximum absolute atomic E-state index is 12.8. The number of allylic oxidation sites excluding steroid dienone is 20. The molecule has 0 rings (SSSR count). The summed E-state index contributed by atoms with van der Waals surface area (Å²) in [6.07, 6.45) is 95.7. The Kier molecular flexibility index (Phi) is 65.6. The Hall–Kier alpha value is -3.59. The number of phosphoric ester groups is 1. The molecule has 2 unspecified atom stereocenters. The number of hydrogen-bond acceptors (Lipinski definition) is 8. The van der Waals surface area contributed by atoms with E-state index in [1.165, 1.54) is 148 Å². The van der Waals surface area contributed by atoms with Gasteiger partial charge in [-0.1, -0.05) is 322 Å². The maximum atomic E-state index is 12.8. The van der Waals surface area contributed by atoms with E-state index in [1.807, 2.05) is 0 Å². The fraction of sp³-hybridized carbons (Fsp3) is 0.703. The van der Waals surface area contributed by atoms with Crippen molar-refractivity contribution < 1.29 is 37.6 Å². The molecule has 0 saturated heterocycles. The fourth-order valence-corrected chi connectivity index (χ4v) is 10.3. The first kappa shape index (κ1) is 80.4. The molecule has 0 bridgehead atoms. The summed E-state index contributed by atoms with van der Waals surface area (Å²) in [5, 5.41) is 0. The van der Waals surface area contributed by atoms with Crippen molar-refractivity contribution >= 4 is 19.8 Å². The average molecular weight is 1190 g/mol. The van der Waals surface area contributed by atoms with Crippen molar-refractivity contribution in [3.05, 3.63) is 122 Å². The van der Waals surface area contributed by atoms with Gasteiger partial charge in [0, 0.05) is 19.4 Å². The summed E-state index contributed by atoms with van der Waals surface area (Å²) in [5.74, 6) is -0.840. The van der Waals surface area contributed by atoms with Gasteiger partial charge in [0.2, 0.25) is 0 Å². The van der Waals surface area contributed by atoms with E-state index in [4.69, 9.17) is 24.3 Å². The van der Waals surface area contributed by atoms with E-state index in [0.717, 1.165) is 122 Å². The zero-order chi connectivity index (χ0) is 60.9. The average Bonchev–Trinajstić information content (AvgIpc) is 3.58. The molecule has 0 aromatic carbocycles. The molecular formula is C74H128NO8P. The highest BCUT2D eigenvalue weighted by Gasteiger charge is 2.26. The number of esters is 2. The standard InChI is InChI=1S/C74H128NO8P/c1-3-5-7-9-11-13-15-17-19-21-23-25-27-29-31-32-33-34-35-36-37-38-39-40-41-43-45-47-49-51-53-55-57-59-61-63-65-67-74(77)83-72(71-82-84(78,79)81-69-68-75)70-80-73(76)66-64-62-60-58-56-54-52-50-48-46-44-42-30-28-26-24-22-20-18-16-14-12-10-8-6-4-2/h5,7,11,13,17,19,23,25,29,31,33-34,36-37,39-40,43,45,49,51,72H,3-4,6,8-10,12,14-16,18,20-22,24,26-28,30,32,35,38,41-42,44,46-48,50,52-71,75H2,1-2H3,(H,78,79)/b7-5-,13-11-,19-17-,25-23-,31-29-,34-33-,37-36-,40-39-,45-43-,51-49-. The van der Waals surface area contributed by atoms with Gasteiger partial charge in [0.1, 0.15) is 6.61 Å². The highest BCUT2D eigenvalue weighted by Crippen LogP contribution is 2.43. The lowest BCUT2D eigenvalue weighted by molar-refractivity contribution is -0.161. The van der Waals surface area contributed by atoms with Crippen LogP contribution in [0.5, 0.6) is 0 Å². The smallest absolute Gasteiger partial charge is 0.462 e. The van der Waals surface area contributed by atoms with Crippen LogP contribution in [0.25, 0.3) is 0 Å². The topological polar surface area (TPSA) is 134 Å². The molecule has 0 aliphatic carbocycles. The van der Waals surface area contributed by atoms with E-state index >= 15 is 0 Å². The van der Waals surface area contributed by atoms with Crippen LogP contribution in [-0.4, -0.2) is 49.3 Å². The van der Waals surface area contributed by atoms with Crippen LogP contribution in [0, 0.1) is 0 Å². The summed E-state index contributed by atoms with van der Waals surface area (Å²) in [5.41, 5.74) is 5.40. The zero-order valence-electron chi connectivity index (χ0n) is 54.1. The van der Waals surface area contributed by atoms with Gasteiger partial charge in [0.05, 0.1) is 13.2 Å². The van der Waals surface area contributed by atoms with E-state index in [0.29, 0.717) is 6.42 Å². The SMILES string of the molecule is CC/C=C\C/C=C\C/C=C\C/C=C\C/C=C\C/C=C\C/C=C\C/C=C\C/C=C\C/C=C\CCCCCCCCC(=O)OC(COC(=O)CCCCCCCCCCCCCCCCCCCCCCCCCCCC)COP(=O)(O)OCCN. The van der Waals surface area contributed by atoms with Gasteiger partial charge in [0.15, 0.2) is 6.10 Å². The second kappa shape index (κ2) is 68.5. The third-order valence-electron chi connectivity index (χ3n) is 14.6. The first-order valence-electron chi connectivity index (χ1n) is 34.5. The van der Waals surface area contributed by atoms with Crippen molar-refractivity contribution in [1.82, 2.24) is 0 Å². The van der Waals surface area contributed by atoms with E-state index in [9.17, 15) is 19.0 Å². The Labute approximate surface area is 517 Å². The fourth-order valence-electron chi connectivity index (χ4n) is 9.55. The molecule has 0 aliphatic rings. The first-order valence-corrected chi connectivity index (χ1v) is 36.0. The van der Waals surface area contributed by atoms with Gasteiger partial charge in [-0.15, -0.1) is 0 Å². The third kappa shape index (κ3) is 67.5. The molecule has 0 aromatic rings. The largest absolute Gasteiger partial charge is 0.472 e. The quantitative estimate of drug-likeness (QED) is 0.0264. The highest BCUT2D eigenvalue weighted by molar-refractivity contribution is 7.47. The van der Waals surface area contributed by atoms with Crippen LogP contribution in [0.2, 0.25) is 0 Å². The monoisotopic (exact) mass is 1190 g/mol. The van der Waals surface area contributed by atoms with Crippen LogP contribution in [0.3, 0.4) is 0 Å². The summed E-state index contributed by atoms with van der Waals surface area (Å²) in [6, 6.07) is 0. The van der Waals surface area contributed by atoms with Crippen LogP contribution < -0.4 is 5.73 Å². The molecule has 0 saturated carbocycles. The van der Waals surface area contributed by atoms with Gasteiger partial charge < -0.3 is 20.1 Å². The van der Waals surface area contributed by atoms with Gasteiger partial charge in [-0.3, -0.25) is 18.6 Å². The molecule has 0 heterocycles. The van der Waals surface area contributed by atoms with Crippen molar-refractivity contribution in [2.75, 3.05) is 26.4 Å². The van der Waals surface area contributed by atoms with Gasteiger partial charge in [-0.05, 0) is 89.9 Å². The van der Waals surface area contributed by atoms with Gasteiger partial charge >= 0.3 is 19.8 Å². The first-order chi connectivity index (χ1) is 41.3. The Morgan fingerprint density at radius 2 is 0.655 bits per heavy atom. The molecule has 2 atom stereocenters. The van der Waals surface area contributed by atoms with Crippen LogP contribution in [-0.2, 0) is 32.7 Å². The van der Waals surface area contributed by atoms with Crippen LogP contribution in [0.4, 0.5) is 0 Å². The van der Waals surface area contributed by atoms with E-state index < -0.39 is 26.5 Å². The summed E-state index contributed by atoms with van der Waals surface area (Å²) >= 11 is 0. The van der Waals surface area contributed by atoms with Gasteiger partial charge in [-0.25, -0.2) is 4.57 Å². The lowest BCUT2D eigenvalue weighted by Gasteiger charge is -2.19. The second-order valence-electron chi connectivity index (χ2n) is 22.7. The van der Waals surface area contributed by atoms with Gasteiger partial charge in [-0.2, -0.15) is 0 Å². The van der Waals surface area contributed by atoms with Gasteiger partial charge in [0.25, 0.3) is 0 Å². The van der Waals surface area contributed by atoms with Crippen molar-refractivity contribution in [3.8, 4) is 0 Å². The zero-order valence-corrected chi connectivity index (χ0v) is 55.0. The number of carbonyl (C=O) groups excluding carboxylic acids is 2. The number of rotatable bonds is 64. The predicted molar refractivity (Wildman–Crippen MR) is 362 cm³/mol. The second-order valence-corrected chi connectivity index (χ2v) is 24.1. The molecule has 9 nitrogen and oxygen atoms in total. The molecule has 0 aliphatic heterocycles. The molecule has 3 N–H and O–H groups in total. The highest BCUT2D eigenvalue weighted by atomic mass is 31.2. The number of nitrogens with two attached hydrogens (primary N) is 1. The lowest BCUT2D eigenvalue weighted by Crippen LogP contribution is -2.29. The number of hydrogen-bond donors (Lipinski definition) is 2.